The normalized spacial score (nSPS) is 9.08. The maximum atomic E-state index is 8.37. The molecule has 4 nitrogen and oxygen atoms in total. The molecule has 1 N–H and O–H groups in total. The lowest BCUT2D eigenvalue weighted by atomic mass is 10.7. The second kappa shape index (κ2) is 11.2. The zero-order valence-electron chi connectivity index (χ0n) is 7.91. The van der Waals surface area contributed by atoms with Gasteiger partial charge in [-0.1, -0.05) is 5.92 Å². The van der Waals surface area contributed by atoms with E-state index in [0.29, 0.717) is 33.0 Å². The quantitative estimate of drug-likeness (QED) is 0.430. The SMILES string of the molecule is CC#COCCOCCOCCO. The van der Waals surface area contributed by atoms with Gasteiger partial charge in [-0.3, -0.25) is 0 Å². The molecule has 76 valence electrons. The molecule has 0 fully saturated rings. The van der Waals surface area contributed by atoms with Crippen LogP contribution in [0.15, 0.2) is 0 Å². The molecule has 0 spiro atoms. The lowest BCUT2D eigenvalue weighted by molar-refractivity contribution is 0.0220. The van der Waals surface area contributed by atoms with E-state index in [1.54, 1.807) is 6.92 Å². The van der Waals surface area contributed by atoms with Gasteiger partial charge in [0.05, 0.1) is 33.0 Å². The minimum Gasteiger partial charge on any atom is -0.444 e. The topological polar surface area (TPSA) is 47.9 Å². The molecule has 13 heavy (non-hydrogen) atoms. The molecule has 0 aromatic heterocycles. The molecule has 0 heterocycles. The van der Waals surface area contributed by atoms with Crippen molar-refractivity contribution in [2.45, 2.75) is 6.92 Å². The van der Waals surface area contributed by atoms with Crippen LogP contribution in [-0.4, -0.2) is 44.7 Å². The Labute approximate surface area is 78.8 Å². The predicted octanol–water partition coefficient (Wildman–Crippen LogP) is 0.00930. The minimum atomic E-state index is 0.0508. The van der Waals surface area contributed by atoms with Crippen LogP contribution in [0, 0.1) is 12.0 Å². The van der Waals surface area contributed by atoms with Crippen LogP contribution < -0.4 is 0 Å². The van der Waals surface area contributed by atoms with Gasteiger partial charge in [-0.25, -0.2) is 0 Å². The lowest BCUT2D eigenvalue weighted by Crippen LogP contribution is -2.09. The Balaban J connectivity index is 2.86. The summed E-state index contributed by atoms with van der Waals surface area (Å²) in [6.45, 7) is 4.13. The summed E-state index contributed by atoms with van der Waals surface area (Å²) >= 11 is 0. The van der Waals surface area contributed by atoms with E-state index in [2.05, 4.69) is 12.0 Å². The third-order valence-corrected chi connectivity index (χ3v) is 1.11. The molecule has 0 aliphatic heterocycles. The van der Waals surface area contributed by atoms with Crippen LogP contribution in [0.3, 0.4) is 0 Å². The smallest absolute Gasteiger partial charge is 0.123 e. The standard InChI is InChI=1S/C9H16O4/c1-2-4-11-6-8-13-9-7-12-5-3-10/h10H,3,5-9H2,1H3. The number of rotatable bonds is 8. The van der Waals surface area contributed by atoms with Crippen molar-refractivity contribution in [1.82, 2.24) is 0 Å². The second-order valence-corrected chi connectivity index (χ2v) is 2.15. The van der Waals surface area contributed by atoms with Crippen LogP contribution in [0.1, 0.15) is 6.92 Å². The molecule has 0 aromatic carbocycles. The van der Waals surface area contributed by atoms with E-state index in [4.69, 9.17) is 19.3 Å². The van der Waals surface area contributed by atoms with Gasteiger partial charge >= 0.3 is 0 Å². The molecule has 0 aliphatic carbocycles. The summed E-state index contributed by atoms with van der Waals surface area (Å²) in [6, 6.07) is 0. The largest absolute Gasteiger partial charge is 0.444 e. The summed E-state index contributed by atoms with van der Waals surface area (Å²) in [7, 11) is 0. The summed E-state index contributed by atoms with van der Waals surface area (Å²) in [5.41, 5.74) is 0. The maximum absolute atomic E-state index is 8.37. The Morgan fingerprint density at radius 3 is 2.23 bits per heavy atom. The van der Waals surface area contributed by atoms with Crippen LogP contribution in [0.25, 0.3) is 0 Å². The van der Waals surface area contributed by atoms with E-state index in [9.17, 15) is 0 Å². The monoisotopic (exact) mass is 188 g/mol. The Kier molecular flexibility index (Phi) is 10.6. The van der Waals surface area contributed by atoms with Crippen molar-refractivity contribution in [1.29, 1.82) is 0 Å². The van der Waals surface area contributed by atoms with Gasteiger partial charge in [0.2, 0.25) is 0 Å². The Morgan fingerprint density at radius 1 is 1.00 bits per heavy atom. The molecule has 0 aromatic rings. The number of hydrogen-bond donors (Lipinski definition) is 1. The lowest BCUT2D eigenvalue weighted by Gasteiger charge is -2.03. The second-order valence-electron chi connectivity index (χ2n) is 2.15. The fourth-order valence-corrected chi connectivity index (χ4v) is 0.610. The fraction of sp³-hybridized carbons (Fsp3) is 0.778. The third-order valence-electron chi connectivity index (χ3n) is 1.11. The number of aliphatic hydroxyl groups is 1. The molecule has 0 saturated heterocycles. The summed E-state index contributed by atoms with van der Waals surface area (Å²) in [5, 5.41) is 8.37. The average molecular weight is 188 g/mol. The van der Waals surface area contributed by atoms with E-state index in [1.807, 2.05) is 0 Å². The molecular weight excluding hydrogens is 172 g/mol. The molecule has 0 atom stereocenters. The summed E-state index contributed by atoms with van der Waals surface area (Å²) < 4.78 is 14.9. The van der Waals surface area contributed by atoms with Gasteiger partial charge in [0.15, 0.2) is 0 Å². The Morgan fingerprint density at radius 2 is 1.62 bits per heavy atom. The minimum absolute atomic E-state index is 0.0508. The van der Waals surface area contributed by atoms with Crippen LogP contribution in [-0.2, 0) is 14.2 Å². The van der Waals surface area contributed by atoms with Crippen LogP contribution in [0.4, 0.5) is 0 Å². The molecule has 4 heteroatoms. The van der Waals surface area contributed by atoms with Crippen LogP contribution >= 0.6 is 0 Å². The molecular formula is C9H16O4. The predicted molar refractivity (Wildman–Crippen MR) is 48.1 cm³/mol. The van der Waals surface area contributed by atoms with Gasteiger partial charge < -0.3 is 19.3 Å². The van der Waals surface area contributed by atoms with Gasteiger partial charge in [0.25, 0.3) is 0 Å². The van der Waals surface area contributed by atoms with Crippen molar-refractivity contribution in [2.75, 3.05) is 39.6 Å². The first-order valence-electron chi connectivity index (χ1n) is 4.21. The highest BCUT2D eigenvalue weighted by molar-refractivity contribution is 4.84. The van der Waals surface area contributed by atoms with Gasteiger partial charge in [0.1, 0.15) is 12.7 Å². The van der Waals surface area contributed by atoms with Crippen LogP contribution in [0.5, 0.6) is 0 Å². The van der Waals surface area contributed by atoms with E-state index in [1.165, 1.54) is 0 Å². The third kappa shape index (κ3) is 11.2. The van der Waals surface area contributed by atoms with E-state index >= 15 is 0 Å². The molecule has 0 bridgehead atoms. The van der Waals surface area contributed by atoms with Crippen molar-refractivity contribution in [3.05, 3.63) is 0 Å². The molecule has 0 saturated carbocycles. The van der Waals surface area contributed by atoms with E-state index in [0.717, 1.165) is 0 Å². The first kappa shape index (κ1) is 12.2. The molecule has 0 amide bonds. The molecule has 0 rings (SSSR count). The first-order valence-corrected chi connectivity index (χ1v) is 4.21. The molecule has 0 unspecified atom stereocenters. The van der Waals surface area contributed by atoms with Gasteiger partial charge in [-0.15, -0.1) is 0 Å². The number of aliphatic hydroxyl groups excluding tert-OH is 1. The highest BCUT2D eigenvalue weighted by Crippen LogP contribution is 1.79. The van der Waals surface area contributed by atoms with Crippen molar-refractivity contribution in [3.8, 4) is 12.0 Å². The van der Waals surface area contributed by atoms with Crippen molar-refractivity contribution in [3.63, 3.8) is 0 Å². The average Bonchev–Trinajstić information content (AvgIpc) is 2.16. The van der Waals surface area contributed by atoms with E-state index in [-0.39, 0.29) is 6.61 Å². The van der Waals surface area contributed by atoms with Gasteiger partial charge in [0, 0.05) is 6.92 Å². The van der Waals surface area contributed by atoms with Gasteiger partial charge in [-0.05, 0) is 0 Å². The van der Waals surface area contributed by atoms with Gasteiger partial charge in [-0.2, -0.15) is 0 Å². The summed E-state index contributed by atoms with van der Waals surface area (Å²) in [4.78, 5) is 0. The highest BCUT2D eigenvalue weighted by Gasteiger charge is 1.88. The van der Waals surface area contributed by atoms with E-state index < -0.39 is 0 Å². The zero-order chi connectivity index (χ0) is 9.78. The first-order chi connectivity index (χ1) is 6.41. The molecule has 0 aliphatic rings. The van der Waals surface area contributed by atoms with Crippen LogP contribution in [0.2, 0.25) is 0 Å². The fourth-order valence-electron chi connectivity index (χ4n) is 0.610. The van der Waals surface area contributed by atoms with Crippen molar-refractivity contribution < 1.29 is 19.3 Å². The zero-order valence-corrected chi connectivity index (χ0v) is 7.91. The molecule has 0 radical (unpaired) electrons. The highest BCUT2D eigenvalue weighted by atomic mass is 16.5. The number of ether oxygens (including phenoxy) is 3. The Bertz CT molecular complexity index is 147. The number of hydrogen-bond acceptors (Lipinski definition) is 4. The maximum Gasteiger partial charge on any atom is 0.123 e. The Hall–Kier alpha value is -0.760. The van der Waals surface area contributed by atoms with Crippen molar-refractivity contribution in [2.24, 2.45) is 0 Å². The summed E-state index contributed by atoms with van der Waals surface area (Å²) in [6.07, 6.45) is 2.47. The summed E-state index contributed by atoms with van der Waals surface area (Å²) in [5.74, 6) is 2.61. The van der Waals surface area contributed by atoms with Crippen molar-refractivity contribution >= 4 is 0 Å².